The molecule has 1 aromatic heterocycles. The lowest BCUT2D eigenvalue weighted by molar-refractivity contribution is -0.115. The maximum atomic E-state index is 12.2. The highest BCUT2D eigenvalue weighted by Gasteiger charge is 2.17. The number of nitrogens with zero attached hydrogens (tertiary/aromatic N) is 1. The van der Waals surface area contributed by atoms with Crippen LogP contribution >= 0.6 is 11.3 Å². The number of benzene rings is 1. The largest absolute Gasteiger partial charge is 0.302 e. The summed E-state index contributed by atoms with van der Waals surface area (Å²) in [5.41, 5.74) is 1.90. The Morgan fingerprint density at radius 1 is 1.21 bits per heavy atom. The minimum atomic E-state index is -3.20. The zero-order valence-electron chi connectivity index (χ0n) is 13.5. The number of hydrogen-bond acceptors (Lipinski definition) is 5. The fraction of sp³-hybridized carbons (Fsp3) is 0.412. The predicted molar refractivity (Wildman–Crippen MR) is 95.3 cm³/mol. The maximum Gasteiger partial charge on any atom is 0.230 e. The Morgan fingerprint density at radius 3 is 2.58 bits per heavy atom. The maximum absolute atomic E-state index is 12.2. The molecule has 0 bridgehead atoms. The molecule has 1 aliphatic carbocycles. The number of carbonyl (C=O) groups is 1. The molecular weight excluding hydrogens is 344 g/mol. The molecule has 128 valence electrons. The highest BCUT2D eigenvalue weighted by molar-refractivity contribution is 7.91. The van der Waals surface area contributed by atoms with Crippen molar-refractivity contribution in [2.45, 2.75) is 43.9 Å². The van der Waals surface area contributed by atoms with Crippen LogP contribution in [0.2, 0.25) is 0 Å². The second kappa shape index (κ2) is 7.03. The van der Waals surface area contributed by atoms with Crippen LogP contribution in [0.15, 0.2) is 29.2 Å². The van der Waals surface area contributed by atoms with Crippen LogP contribution in [0, 0.1) is 0 Å². The number of amides is 1. The van der Waals surface area contributed by atoms with E-state index in [1.165, 1.54) is 11.3 Å². The van der Waals surface area contributed by atoms with Crippen molar-refractivity contribution in [2.75, 3.05) is 11.1 Å². The van der Waals surface area contributed by atoms with E-state index in [-0.39, 0.29) is 18.1 Å². The second-order valence-corrected chi connectivity index (χ2v) is 9.23. The van der Waals surface area contributed by atoms with Crippen molar-refractivity contribution < 1.29 is 13.2 Å². The summed E-state index contributed by atoms with van der Waals surface area (Å²) in [6.07, 6.45) is 4.61. The molecule has 0 saturated heterocycles. The zero-order valence-corrected chi connectivity index (χ0v) is 15.2. The Bertz CT molecular complexity index is 816. The van der Waals surface area contributed by atoms with E-state index in [2.05, 4.69) is 10.3 Å². The van der Waals surface area contributed by atoms with Gasteiger partial charge in [-0.2, -0.15) is 0 Å². The summed E-state index contributed by atoms with van der Waals surface area (Å²) in [6, 6.07) is 6.50. The lowest BCUT2D eigenvalue weighted by Crippen LogP contribution is -2.14. The Morgan fingerprint density at radius 2 is 1.92 bits per heavy atom. The summed E-state index contributed by atoms with van der Waals surface area (Å²) in [6.45, 7) is 1.62. The minimum absolute atomic E-state index is 0.0710. The normalized spacial score (nSPS) is 14.2. The Labute approximate surface area is 146 Å². The SMILES string of the molecule is CCS(=O)(=O)c1ccc(CC(=O)Nc2nc3c(s2)CCCC3)cc1. The van der Waals surface area contributed by atoms with Crippen molar-refractivity contribution >= 4 is 32.2 Å². The number of aryl methyl sites for hydroxylation is 2. The van der Waals surface area contributed by atoms with Gasteiger partial charge in [-0.3, -0.25) is 4.79 Å². The van der Waals surface area contributed by atoms with Gasteiger partial charge >= 0.3 is 0 Å². The van der Waals surface area contributed by atoms with E-state index >= 15 is 0 Å². The van der Waals surface area contributed by atoms with Crippen LogP contribution in [-0.2, 0) is 33.9 Å². The molecule has 1 amide bonds. The lowest BCUT2D eigenvalue weighted by atomic mass is 10.0. The first-order valence-corrected chi connectivity index (χ1v) is 10.5. The molecule has 0 unspecified atom stereocenters. The Hall–Kier alpha value is -1.73. The summed E-state index contributed by atoms with van der Waals surface area (Å²) in [5.74, 6) is -0.0612. The Balaban J connectivity index is 1.63. The number of carbonyl (C=O) groups excluding carboxylic acids is 1. The van der Waals surface area contributed by atoms with Crippen LogP contribution in [0.4, 0.5) is 5.13 Å². The van der Waals surface area contributed by atoms with E-state index in [1.807, 2.05) is 0 Å². The number of nitrogens with one attached hydrogen (secondary N) is 1. The zero-order chi connectivity index (χ0) is 17.2. The third-order valence-electron chi connectivity index (χ3n) is 4.12. The molecular formula is C17H20N2O3S2. The molecule has 1 heterocycles. The summed E-state index contributed by atoms with van der Waals surface area (Å²) in [7, 11) is -3.20. The van der Waals surface area contributed by atoms with Gasteiger partial charge in [-0.15, -0.1) is 11.3 Å². The van der Waals surface area contributed by atoms with E-state index in [1.54, 1.807) is 42.5 Å². The number of thiazole rings is 1. The van der Waals surface area contributed by atoms with Gasteiger partial charge in [0.2, 0.25) is 5.91 Å². The highest BCUT2D eigenvalue weighted by atomic mass is 32.2. The van der Waals surface area contributed by atoms with Crippen LogP contribution in [-0.4, -0.2) is 25.1 Å². The van der Waals surface area contributed by atoms with E-state index in [4.69, 9.17) is 0 Å². The Kier molecular flexibility index (Phi) is 5.01. The van der Waals surface area contributed by atoms with Crippen molar-refractivity contribution in [3.05, 3.63) is 40.4 Å². The summed E-state index contributed by atoms with van der Waals surface area (Å²) in [4.78, 5) is 18.2. The standard InChI is InChI=1S/C17H20N2O3S2/c1-2-24(21,22)13-9-7-12(8-10-13)11-16(20)19-17-18-14-5-3-4-6-15(14)23-17/h7-10H,2-6,11H2,1H3,(H,18,19,20). The van der Waals surface area contributed by atoms with Crippen LogP contribution in [0.3, 0.4) is 0 Å². The van der Waals surface area contributed by atoms with Crippen LogP contribution < -0.4 is 5.32 Å². The van der Waals surface area contributed by atoms with Gasteiger partial charge in [0.15, 0.2) is 15.0 Å². The van der Waals surface area contributed by atoms with Crippen molar-refractivity contribution in [2.24, 2.45) is 0 Å². The van der Waals surface area contributed by atoms with Crippen LogP contribution in [0.25, 0.3) is 0 Å². The fourth-order valence-electron chi connectivity index (χ4n) is 2.74. The number of aromatic nitrogens is 1. The molecule has 7 heteroatoms. The summed E-state index contributed by atoms with van der Waals surface area (Å²) in [5, 5.41) is 3.52. The van der Waals surface area contributed by atoms with Gasteiger partial charge in [-0.1, -0.05) is 19.1 Å². The molecule has 1 aromatic carbocycles. The minimum Gasteiger partial charge on any atom is -0.302 e. The van der Waals surface area contributed by atoms with Gasteiger partial charge in [-0.05, 0) is 43.4 Å². The average Bonchev–Trinajstić information content (AvgIpc) is 2.97. The molecule has 3 rings (SSSR count). The van der Waals surface area contributed by atoms with Gasteiger partial charge < -0.3 is 5.32 Å². The second-order valence-electron chi connectivity index (χ2n) is 5.87. The number of sulfone groups is 1. The van der Waals surface area contributed by atoms with E-state index in [0.717, 1.165) is 30.5 Å². The van der Waals surface area contributed by atoms with E-state index in [9.17, 15) is 13.2 Å². The van der Waals surface area contributed by atoms with Gasteiger partial charge in [0, 0.05) is 4.88 Å². The number of anilines is 1. The quantitative estimate of drug-likeness (QED) is 0.885. The first-order valence-electron chi connectivity index (χ1n) is 8.08. The van der Waals surface area contributed by atoms with Crippen LogP contribution in [0.5, 0.6) is 0 Å². The fourth-order valence-corrected chi connectivity index (χ4v) is 4.69. The first-order chi connectivity index (χ1) is 11.5. The van der Waals surface area contributed by atoms with Crippen molar-refractivity contribution in [1.29, 1.82) is 0 Å². The monoisotopic (exact) mass is 364 g/mol. The summed E-state index contributed by atoms with van der Waals surface area (Å²) >= 11 is 1.56. The molecule has 2 aromatic rings. The van der Waals surface area contributed by atoms with E-state index in [0.29, 0.717) is 10.0 Å². The highest BCUT2D eigenvalue weighted by Crippen LogP contribution is 2.29. The van der Waals surface area contributed by atoms with Crippen molar-refractivity contribution in [3.8, 4) is 0 Å². The van der Waals surface area contributed by atoms with Gasteiger partial charge in [0.1, 0.15) is 0 Å². The smallest absolute Gasteiger partial charge is 0.230 e. The number of rotatable bonds is 5. The third-order valence-corrected chi connectivity index (χ3v) is 6.94. The number of fused-ring (bicyclic) bond motifs is 1. The van der Waals surface area contributed by atoms with Gasteiger partial charge in [-0.25, -0.2) is 13.4 Å². The molecule has 0 atom stereocenters. The number of hydrogen-bond donors (Lipinski definition) is 1. The van der Waals surface area contributed by atoms with E-state index < -0.39 is 9.84 Å². The van der Waals surface area contributed by atoms with Crippen molar-refractivity contribution in [1.82, 2.24) is 4.98 Å². The predicted octanol–water partition coefficient (Wildman–Crippen LogP) is 3.00. The lowest BCUT2D eigenvalue weighted by Gasteiger charge is -2.06. The topological polar surface area (TPSA) is 76.1 Å². The summed E-state index contributed by atoms with van der Waals surface area (Å²) < 4.78 is 23.6. The molecule has 1 N–H and O–H groups in total. The average molecular weight is 364 g/mol. The van der Waals surface area contributed by atoms with Gasteiger partial charge in [0.25, 0.3) is 0 Å². The molecule has 5 nitrogen and oxygen atoms in total. The molecule has 0 saturated carbocycles. The molecule has 0 aliphatic heterocycles. The van der Waals surface area contributed by atoms with Crippen LogP contribution in [0.1, 0.15) is 35.9 Å². The van der Waals surface area contributed by atoms with Gasteiger partial charge in [0.05, 0.1) is 22.8 Å². The molecule has 24 heavy (non-hydrogen) atoms. The molecule has 0 fully saturated rings. The molecule has 0 spiro atoms. The molecule has 1 aliphatic rings. The third kappa shape index (κ3) is 3.84. The van der Waals surface area contributed by atoms with Crippen molar-refractivity contribution in [3.63, 3.8) is 0 Å². The first kappa shape index (κ1) is 17.1. The molecule has 0 radical (unpaired) electrons.